The van der Waals surface area contributed by atoms with Crippen LogP contribution in [0.25, 0.3) is 0 Å². The Bertz CT molecular complexity index is 569. The van der Waals surface area contributed by atoms with Crippen molar-refractivity contribution in [2.45, 2.75) is 29.8 Å². The van der Waals surface area contributed by atoms with Crippen LogP contribution in [0.3, 0.4) is 0 Å². The van der Waals surface area contributed by atoms with E-state index in [0.717, 1.165) is 0 Å². The van der Waals surface area contributed by atoms with Gasteiger partial charge in [0.2, 0.25) is 5.91 Å². The van der Waals surface area contributed by atoms with Crippen molar-refractivity contribution < 1.29 is 13.2 Å². The van der Waals surface area contributed by atoms with E-state index < -0.39 is 9.84 Å². The zero-order chi connectivity index (χ0) is 14.0. The van der Waals surface area contributed by atoms with E-state index in [0.29, 0.717) is 11.6 Å². The summed E-state index contributed by atoms with van der Waals surface area (Å²) in [5, 5.41) is 10.7. The number of rotatable bonds is 4. The van der Waals surface area contributed by atoms with Crippen molar-refractivity contribution >= 4 is 27.5 Å². The predicted molar refractivity (Wildman–Crippen MR) is 71.5 cm³/mol. The minimum atomic E-state index is -2.97. The summed E-state index contributed by atoms with van der Waals surface area (Å²) in [6.45, 7) is 1.76. The molecule has 2 heterocycles. The van der Waals surface area contributed by atoms with E-state index >= 15 is 0 Å². The summed E-state index contributed by atoms with van der Waals surface area (Å²) in [6, 6.07) is -0.264. The van der Waals surface area contributed by atoms with E-state index in [1.165, 1.54) is 11.8 Å². The Kier molecular flexibility index (Phi) is 4.14. The van der Waals surface area contributed by atoms with Crippen LogP contribution in [0.1, 0.15) is 13.3 Å². The Hall–Kier alpha value is -1.09. The van der Waals surface area contributed by atoms with Crippen molar-refractivity contribution in [2.75, 3.05) is 11.5 Å². The fourth-order valence-electron chi connectivity index (χ4n) is 1.82. The molecule has 9 heteroatoms. The minimum Gasteiger partial charge on any atom is -0.351 e. The summed E-state index contributed by atoms with van der Waals surface area (Å²) in [4.78, 5) is 12.0. The predicted octanol–water partition coefficient (Wildman–Crippen LogP) is -0.401. The van der Waals surface area contributed by atoms with Crippen LogP contribution in [-0.2, 0) is 21.7 Å². The molecular weight excluding hydrogens is 288 g/mol. The molecule has 2 rings (SSSR count). The molecule has 19 heavy (non-hydrogen) atoms. The molecule has 0 aromatic carbocycles. The highest BCUT2D eigenvalue weighted by molar-refractivity contribution is 8.00. The molecule has 1 aliphatic rings. The fourth-order valence-corrected chi connectivity index (χ4v) is 4.29. The molecule has 0 spiro atoms. The first kappa shape index (κ1) is 14.3. The Balaban J connectivity index is 1.88. The summed E-state index contributed by atoms with van der Waals surface area (Å²) < 4.78 is 24.4. The smallest absolute Gasteiger partial charge is 0.233 e. The number of aryl methyl sites for hydroxylation is 1. The Morgan fingerprint density at radius 1 is 1.63 bits per heavy atom. The number of carbonyl (C=O) groups is 1. The van der Waals surface area contributed by atoms with Gasteiger partial charge in [-0.05, 0) is 13.3 Å². The van der Waals surface area contributed by atoms with Crippen LogP contribution in [0.5, 0.6) is 0 Å². The number of nitrogens with zero attached hydrogens (tertiary/aromatic N) is 3. The van der Waals surface area contributed by atoms with E-state index in [-0.39, 0.29) is 28.7 Å². The highest BCUT2D eigenvalue weighted by Gasteiger charge is 2.30. The fraction of sp³-hybridized carbons (Fsp3) is 0.700. The van der Waals surface area contributed by atoms with Gasteiger partial charge >= 0.3 is 0 Å². The lowest BCUT2D eigenvalue weighted by Gasteiger charge is -2.15. The van der Waals surface area contributed by atoms with Gasteiger partial charge in [0.1, 0.15) is 6.33 Å². The van der Waals surface area contributed by atoms with Gasteiger partial charge in [0, 0.05) is 13.1 Å². The van der Waals surface area contributed by atoms with Gasteiger partial charge in [-0.25, -0.2) is 8.42 Å². The average Bonchev–Trinajstić information content (AvgIpc) is 2.86. The van der Waals surface area contributed by atoms with Crippen molar-refractivity contribution in [3.05, 3.63) is 6.33 Å². The number of thioether (sulfide) groups is 1. The molecule has 0 unspecified atom stereocenters. The molecule has 0 bridgehead atoms. The van der Waals surface area contributed by atoms with Crippen LogP contribution in [0.15, 0.2) is 11.5 Å². The third-order valence-electron chi connectivity index (χ3n) is 2.90. The first-order valence-electron chi connectivity index (χ1n) is 5.89. The summed E-state index contributed by atoms with van der Waals surface area (Å²) >= 11 is 1.30. The van der Waals surface area contributed by atoms with Gasteiger partial charge in [-0.3, -0.25) is 4.79 Å². The lowest BCUT2D eigenvalue weighted by Crippen LogP contribution is -2.40. The van der Waals surface area contributed by atoms with Gasteiger partial charge in [-0.15, -0.1) is 10.2 Å². The largest absolute Gasteiger partial charge is 0.351 e. The first-order chi connectivity index (χ1) is 8.87. The second-order valence-electron chi connectivity index (χ2n) is 4.59. The van der Waals surface area contributed by atoms with E-state index in [4.69, 9.17) is 0 Å². The van der Waals surface area contributed by atoms with Crippen molar-refractivity contribution in [1.82, 2.24) is 20.1 Å². The minimum absolute atomic E-state index is 0.0418. The number of aromatic nitrogens is 3. The molecule has 106 valence electrons. The van der Waals surface area contributed by atoms with E-state index in [1.807, 2.05) is 0 Å². The number of carbonyl (C=O) groups excluding carboxylic acids is 1. The lowest BCUT2D eigenvalue weighted by molar-refractivity contribution is -0.120. The Morgan fingerprint density at radius 2 is 2.37 bits per heavy atom. The maximum absolute atomic E-state index is 12.0. The van der Waals surface area contributed by atoms with Crippen molar-refractivity contribution in [3.8, 4) is 0 Å². The number of hydrogen-bond donors (Lipinski definition) is 1. The zero-order valence-electron chi connectivity index (χ0n) is 10.7. The summed E-state index contributed by atoms with van der Waals surface area (Å²) in [7, 11) is -1.17. The molecule has 1 saturated heterocycles. The summed E-state index contributed by atoms with van der Waals surface area (Å²) in [5.74, 6) is 0.0261. The molecule has 0 saturated carbocycles. The molecule has 0 radical (unpaired) electrons. The molecule has 2 atom stereocenters. The zero-order valence-corrected chi connectivity index (χ0v) is 12.4. The van der Waals surface area contributed by atoms with Gasteiger partial charge in [-0.1, -0.05) is 11.8 Å². The van der Waals surface area contributed by atoms with Crippen LogP contribution >= 0.6 is 11.8 Å². The lowest BCUT2D eigenvalue weighted by atomic mass is 10.2. The van der Waals surface area contributed by atoms with Gasteiger partial charge in [0.15, 0.2) is 15.0 Å². The molecular formula is C10H16N4O3S2. The van der Waals surface area contributed by atoms with Crippen LogP contribution in [-0.4, -0.2) is 51.9 Å². The Labute approximate surface area is 116 Å². The highest BCUT2D eigenvalue weighted by atomic mass is 32.2. The van der Waals surface area contributed by atoms with Crippen molar-refractivity contribution in [2.24, 2.45) is 7.05 Å². The van der Waals surface area contributed by atoms with Crippen LogP contribution < -0.4 is 5.32 Å². The third kappa shape index (κ3) is 3.69. The van der Waals surface area contributed by atoms with Gasteiger partial charge < -0.3 is 9.88 Å². The van der Waals surface area contributed by atoms with Crippen LogP contribution in [0.2, 0.25) is 0 Å². The maximum Gasteiger partial charge on any atom is 0.233 e. The summed E-state index contributed by atoms with van der Waals surface area (Å²) in [6.07, 6.45) is 2.06. The van der Waals surface area contributed by atoms with Crippen molar-refractivity contribution in [1.29, 1.82) is 0 Å². The quantitative estimate of drug-likeness (QED) is 0.761. The monoisotopic (exact) mass is 304 g/mol. The number of sulfone groups is 1. The van der Waals surface area contributed by atoms with Gasteiger partial charge in [-0.2, -0.15) is 0 Å². The molecule has 1 fully saturated rings. The maximum atomic E-state index is 12.0. The molecule has 1 N–H and O–H groups in total. The molecule has 0 aliphatic carbocycles. The SMILES string of the molecule is C[C@H](Sc1nncn1C)C(=O)N[C@H]1CCS(=O)(=O)C1. The molecule has 1 aliphatic heterocycles. The summed E-state index contributed by atoms with van der Waals surface area (Å²) in [5.41, 5.74) is 0. The van der Waals surface area contributed by atoms with E-state index in [1.54, 1.807) is 24.9 Å². The topological polar surface area (TPSA) is 93.9 Å². The number of nitrogens with one attached hydrogen (secondary N) is 1. The second-order valence-corrected chi connectivity index (χ2v) is 8.13. The normalized spacial score (nSPS) is 23.2. The van der Waals surface area contributed by atoms with E-state index in [2.05, 4.69) is 15.5 Å². The van der Waals surface area contributed by atoms with Crippen molar-refractivity contribution in [3.63, 3.8) is 0 Å². The Morgan fingerprint density at radius 3 is 2.89 bits per heavy atom. The van der Waals surface area contributed by atoms with E-state index in [9.17, 15) is 13.2 Å². The second kappa shape index (κ2) is 5.49. The number of hydrogen-bond acceptors (Lipinski definition) is 6. The molecule has 1 amide bonds. The highest BCUT2D eigenvalue weighted by Crippen LogP contribution is 2.20. The molecule has 1 aromatic heterocycles. The van der Waals surface area contributed by atoms with Crippen LogP contribution in [0, 0.1) is 0 Å². The van der Waals surface area contributed by atoms with Gasteiger partial charge in [0.25, 0.3) is 0 Å². The van der Waals surface area contributed by atoms with Crippen LogP contribution in [0.4, 0.5) is 0 Å². The molecule has 7 nitrogen and oxygen atoms in total. The van der Waals surface area contributed by atoms with Gasteiger partial charge in [0.05, 0.1) is 16.8 Å². The third-order valence-corrected chi connectivity index (χ3v) is 5.82. The molecule has 1 aromatic rings. The first-order valence-corrected chi connectivity index (χ1v) is 8.59. The standard InChI is InChI=1S/C10H16N4O3S2/c1-7(18-10-13-11-6-14(10)2)9(15)12-8-3-4-19(16,17)5-8/h6-8H,3-5H2,1-2H3,(H,12,15)/t7-,8-/m0/s1. The average molecular weight is 304 g/mol. The number of amides is 1.